The summed E-state index contributed by atoms with van der Waals surface area (Å²) in [6.07, 6.45) is 13.1. The van der Waals surface area contributed by atoms with Crippen molar-refractivity contribution in [3.8, 4) is 0 Å². The highest BCUT2D eigenvalue weighted by Gasteiger charge is 2.48. The highest BCUT2D eigenvalue weighted by Crippen LogP contribution is 2.54. The molecule has 0 spiro atoms. The summed E-state index contributed by atoms with van der Waals surface area (Å²) >= 11 is 5.27. The van der Waals surface area contributed by atoms with Gasteiger partial charge in [0.2, 0.25) is 5.95 Å². The first-order valence-corrected chi connectivity index (χ1v) is 41.0. The number of imidazole rings is 4. The van der Waals surface area contributed by atoms with Crippen molar-refractivity contribution in [2.24, 2.45) is 21.7 Å². The summed E-state index contributed by atoms with van der Waals surface area (Å²) in [5.74, 6) is 1.05. The molecule has 4 fully saturated rings. The molecule has 0 radical (unpaired) electrons. The number of nitrogen functional groups attached to an aromatic ring is 4. The monoisotopic (exact) mass is 1580 g/mol. The summed E-state index contributed by atoms with van der Waals surface area (Å²) in [6.45, 7) is 45.3. The van der Waals surface area contributed by atoms with Gasteiger partial charge in [-0.25, -0.2) is 54.4 Å². The summed E-state index contributed by atoms with van der Waals surface area (Å²) < 4.78 is 80.1. The minimum Gasteiger partial charge on any atom is -0.382 e. The molecule has 4 aliphatic rings. The van der Waals surface area contributed by atoms with Crippen LogP contribution in [0.1, 0.15) is 242 Å². The van der Waals surface area contributed by atoms with Gasteiger partial charge >= 0.3 is 14.5 Å². The number of hydrogen-bond acceptors (Lipinski definition) is 28. The zero-order chi connectivity index (χ0) is 80.9. The predicted molar refractivity (Wildman–Crippen MR) is 419 cm³/mol. The minimum absolute atomic E-state index is 0.00628. The van der Waals surface area contributed by atoms with Crippen molar-refractivity contribution in [1.29, 1.82) is 0 Å². The molecule has 14 atom stereocenters. The Hall–Kier alpha value is -6.40. The molecule has 606 valence electrons. The van der Waals surface area contributed by atoms with Crippen molar-refractivity contribution in [2.45, 2.75) is 314 Å². The molecule has 11 N–H and O–H groups in total. The highest BCUT2D eigenvalue weighted by molar-refractivity contribution is 8.07. The molecule has 6 unspecified atom stereocenters. The van der Waals surface area contributed by atoms with Crippen LogP contribution >= 0.6 is 14.5 Å². The number of aromatic amines is 1. The van der Waals surface area contributed by atoms with Gasteiger partial charge in [0.15, 0.2) is 45.6 Å². The summed E-state index contributed by atoms with van der Waals surface area (Å²) in [5.41, 5.74) is 25.4. The van der Waals surface area contributed by atoms with Crippen molar-refractivity contribution in [3.05, 3.63) is 54.6 Å². The number of nitrogens with two attached hydrogens (primary N) is 4. The van der Waals surface area contributed by atoms with E-state index in [0.717, 1.165) is 25.7 Å². The standard InChI is InChI=1S/C18H30N5O5P.C18H30N5O4PS.C18H29N5O3.C18H29N5O2/c1-17(2,3)8-12-11(27-29(24,25)28-18(4,5)6)7-13(26-12)23-10-22-14-15(19)20-9-21-16(14)23;1-17(2,3)8-12-11(26-28(24,29)27-18(4,5)6)7-13(25-12)23-10-22-14-15(19)20-9-21-16(14)23;1-17(2,3)8-11-10(26-18(4,5)6)7-12(25-11)23-9-20-13-14(23)21-16(19)22-15(13)24;1-17(2,3)8-12-11(25-18(4,5)6)7-13(24-12)23-10-22-14-15(19)20-9-21-16(14)23/h9-13H,7-8H2,1-6H3,(H,24,25)(H2,19,20,21);9-13H,7-8H2,1-6H3,(H,24,29)(H2,19,20,21);9-12H,7-8H2,1-6H3,(H3,19,21,22,24);9-13H,7-8H2,1-6H3,(H2,19,20,21)/t11?,12-,13-;11?,12-,13-,28?;10?,11-,12-;11?,12-,13-/m1111/s1. The van der Waals surface area contributed by atoms with Gasteiger partial charge in [-0.3, -0.25) is 37.1 Å². The normalized spacial score (nSPS) is 25.1. The van der Waals surface area contributed by atoms with Crippen molar-refractivity contribution in [2.75, 3.05) is 22.9 Å². The molecule has 8 aromatic heterocycles. The van der Waals surface area contributed by atoms with E-state index >= 15 is 0 Å². The molecular weight excluding hydrogens is 1460 g/mol. The van der Waals surface area contributed by atoms with Crippen molar-refractivity contribution < 1.29 is 60.9 Å². The minimum atomic E-state index is -4.28. The van der Waals surface area contributed by atoms with Gasteiger partial charge in [-0.2, -0.15) is 4.98 Å². The first-order valence-electron chi connectivity index (χ1n) is 36.9. The molecule has 0 saturated carbocycles. The fraction of sp³-hybridized carbons (Fsp3) is 0.722. The zero-order valence-electron chi connectivity index (χ0n) is 67.7. The molecule has 4 aliphatic heterocycles. The molecule has 0 aliphatic carbocycles. The molecule has 0 bridgehead atoms. The molecule has 8 aromatic rings. The SMILES string of the molecule is CC(C)(C)C[C@H]1O[C@@H](n2cnc3c(=O)[nH]c(N)nc32)CC1OC(C)(C)C.CC(C)(C)C[C@H]1O[C@@H](n2cnc3c(N)ncnc32)CC1OC(C)(C)C.CC(C)(C)C[C@H]1O[C@@H](n2cnc3c(N)ncnc32)CC1OP(=O)(O)OC(C)(C)C.CC(C)(C)C[C@H]1O[C@@H](n2cnc3c(N)ncnc32)CC1OP(O)(=S)OC(C)(C)C. The second-order valence-electron chi connectivity index (χ2n) is 37.2. The number of phosphoric ester groups is 1. The number of fused-ring (bicyclic) bond motifs is 4. The summed E-state index contributed by atoms with van der Waals surface area (Å²) in [7, 11) is -4.28. The van der Waals surface area contributed by atoms with Gasteiger partial charge in [-0.1, -0.05) is 83.1 Å². The highest BCUT2D eigenvalue weighted by atomic mass is 32.5. The Morgan fingerprint density at radius 1 is 0.431 bits per heavy atom. The van der Waals surface area contributed by atoms with Crippen LogP contribution in [0.3, 0.4) is 0 Å². The molecule has 34 nitrogen and oxygen atoms in total. The quantitative estimate of drug-likeness (QED) is 0.0442. The maximum Gasteiger partial charge on any atom is 0.473 e. The molecule has 0 aromatic carbocycles. The van der Waals surface area contributed by atoms with Crippen molar-refractivity contribution in [3.63, 3.8) is 0 Å². The molecular formula is C72H118N20O14P2S. The van der Waals surface area contributed by atoms with Gasteiger partial charge < -0.3 is 70.2 Å². The maximum atomic E-state index is 12.5. The number of phosphoric acid groups is 1. The second-order valence-corrected chi connectivity index (χ2v) is 41.3. The second kappa shape index (κ2) is 32.6. The Morgan fingerprint density at radius 2 is 0.725 bits per heavy atom. The Bertz CT molecular complexity index is 4370. The number of ether oxygens (including phenoxy) is 6. The number of H-pyrrole nitrogens is 1. The largest absolute Gasteiger partial charge is 0.473 e. The Balaban J connectivity index is 0.000000168. The average molecular weight is 1580 g/mol. The van der Waals surface area contributed by atoms with E-state index in [1.54, 1.807) is 55.2 Å². The molecule has 0 amide bonds. The van der Waals surface area contributed by atoms with Crippen molar-refractivity contribution >= 4 is 94.4 Å². The Morgan fingerprint density at radius 3 is 1.04 bits per heavy atom. The number of anilines is 4. The third-order valence-electron chi connectivity index (χ3n) is 17.2. The van der Waals surface area contributed by atoms with Crippen LogP contribution in [0, 0.1) is 21.7 Å². The third-order valence-corrected chi connectivity index (χ3v) is 20.3. The van der Waals surface area contributed by atoms with Gasteiger partial charge in [0.25, 0.3) is 5.56 Å². The molecule has 12 heterocycles. The topological polar surface area (TPSA) is 448 Å². The van der Waals surface area contributed by atoms with E-state index in [9.17, 15) is 19.1 Å². The molecule has 109 heavy (non-hydrogen) atoms. The fourth-order valence-corrected chi connectivity index (χ4v) is 17.1. The number of hydrogen-bond donors (Lipinski definition) is 7. The van der Waals surface area contributed by atoms with E-state index in [1.807, 2.05) is 50.7 Å². The van der Waals surface area contributed by atoms with E-state index in [1.165, 1.54) is 19.0 Å². The molecule has 37 heteroatoms. The van der Waals surface area contributed by atoms with Crippen LogP contribution in [0.15, 0.2) is 49.1 Å². The smallest absolute Gasteiger partial charge is 0.382 e. The van der Waals surface area contributed by atoms with E-state index in [0.29, 0.717) is 76.5 Å². The fourth-order valence-electron chi connectivity index (χ4n) is 13.5. The summed E-state index contributed by atoms with van der Waals surface area (Å²) in [5, 5.41) is 0. The number of nitrogens with one attached hydrogen (secondary N) is 1. The van der Waals surface area contributed by atoms with Crippen LogP contribution in [0.2, 0.25) is 0 Å². The lowest BCUT2D eigenvalue weighted by molar-refractivity contribution is -0.102. The summed E-state index contributed by atoms with van der Waals surface area (Å²) in [6, 6.07) is 0. The number of aromatic nitrogens is 16. The third kappa shape index (κ3) is 24.3. The van der Waals surface area contributed by atoms with Gasteiger partial charge in [0.05, 0.1) is 96.5 Å². The van der Waals surface area contributed by atoms with Crippen molar-refractivity contribution in [1.82, 2.24) is 78.1 Å². The Labute approximate surface area is 643 Å². The van der Waals surface area contributed by atoms with Crippen LogP contribution in [0.25, 0.3) is 44.7 Å². The van der Waals surface area contributed by atoms with Crippen LogP contribution in [-0.4, -0.2) is 159 Å². The van der Waals surface area contributed by atoms with E-state index in [4.69, 9.17) is 81.3 Å². The van der Waals surface area contributed by atoms with E-state index in [-0.39, 0.29) is 105 Å². The summed E-state index contributed by atoms with van der Waals surface area (Å²) in [4.78, 5) is 81.5. The van der Waals surface area contributed by atoms with Crippen LogP contribution < -0.4 is 28.5 Å². The van der Waals surface area contributed by atoms with Crippen LogP contribution in [0.4, 0.5) is 23.4 Å². The molecule has 12 rings (SSSR count). The first kappa shape index (κ1) is 86.6. The lowest BCUT2D eigenvalue weighted by Crippen LogP contribution is -2.35. The average Bonchev–Trinajstić information content (AvgIpc) is 1.65. The van der Waals surface area contributed by atoms with Gasteiger partial charge in [0, 0.05) is 25.7 Å². The van der Waals surface area contributed by atoms with Gasteiger partial charge in [-0.15, -0.1) is 0 Å². The van der Waals surface area contributed by atoms with Gasteiger partial charge in [-0.05, 0) is 142 Å². The molecule has 4 saturated heterocycles. The van der Waals surface area contributed by atoms with Crippen LogP contribution in [0.5, 0.6) is 0 Å². The van der Waals surface area contributed by atoms with E-state index in [2.05, 4.69) is 164 Å². The van der Waals surface area contributed by atoms with Gasteiger partial charge in [0.1, 0.15) is 60.4 Å². The van der Waals surface area contributed by atoms with E-state index < -0.39 is 50.3 Å². The zero-order valence-corrected chi connectivity index (χ0v) is 70.3. The van der Waals surface area contributed by atoms with Crippen LogP contribution in [-0.2, 0) is 62.9 Å². The maximum absolute atomic E-state index is 12.5. The lowest BCUT2D eigenvalue weighted by atomic mass is 9.87. The lowest BCUT2D eigenvalue weighted by Gasteiger charge is -2.31. The first-order chi connectivity index (χ1) is 49.9. The number of nitrogens with zero attached hydrogens (tertiary/aromatic N) is 15. The predicted octanol–water partition coefficient (Wildman–Crippen LogP) is 12.9. The Kier molecular flexibility index (Phi) is 25.9. The number of rotatable bonds is 16.